The van der Waals surface area contributed by atoms with Gasteiger partial charge in [-0.3, -0.25) is 4.79 Å². The number of hydrogen-bond donors (Lipinski definition) is 2. The minimum absolute atomic E-state index is 0.0333. The summed E-state index contributed by atoms with van der Waals surface area (Å²) >= 11 is 0. The number of nitrogens with one attached hydrogen (secondary N) is 2. The second-order valence-electron chi connectivity index (χ2n) is 4.07. The highest BCUT2D eigenvalue weighted by atomic mass is 16.5. The van der Waals surface area contributed by atoms with E-state index in [2.05, 4.69) is 17.6 Å². The van der Waals surface area contributed by atoms with E-state index in [9.17, 15) is 4.79 Å². The largest absolute Gasteiger partial charge is 0.381 e. The van der Waals surface area contributed by atoms with Crippen molar-refractivity contribution in [1.29, 1.82) is 0 Å². The van der Waals surface area contributed by atoms with Gasteiger partial charge in [0.05, 0.1) is 0 Å². The van der Waals surface area contributed by atoms with Crippen molar-refractivity contribution in [2.45, 2.75) is 33.1 Å². The molecular formula is C12H26N2O2. The topological polar surface area (TPSA) is 50.4 Å². The van der Waals surface area contributed by atoms with Gasteiger partial charge in [0, 0.05) is 32.2 Å². The maximum atomic E-state index is 11.5. The van der Waals surface area contributed by atoms with Crippen LogP contribution in [0.3, 0.4) is 0 Å². The van der Waals surface area contributed by atoms with Gasteiger partial charge < -0.3 is 15.4 Å². The maximum Gasteiger partial charge on any atom is 0.224 e. The van der Waals surface area contributed by atoms with Gasteiger partial charge in [-0.1, -0.05) is 20.3 Å². The van der Waals surface area contributed by atoms with Crippen molar-refractivity contribution in [3.05, 3.63) is 0 Å². The van der Waals surface area contributed by atoms with Crippen molar-refractivity contribution in [1.82, 2.24) is 10.6 Å². The molecule has 0 heterocycles. The predicted molar refractivity (Wildman–Crippen MR) is 66.4 cm³/mol. The lowest BCUT2D eigenvalue weighted by Gasteiger charge is -2.11. The molecule has 0 aliphatic heterocycles. The van der Waals surface area contributed by atoms with Gasteiger partial charge >= 0.3 is 0 Å². The molecule has 2 N–H and O–H groups in total. The number of carbonyl (C=O) groups is 1. The van der Waals surface area contributed by atoms with Crippen molar-refractivity contribution in [3.63, 3.8) is 0 Å². The lowest BCUT2D eigenvalue weighted by molar-refractivity contribution is -0.124. The van der Waals surface area contributed by atoms with Crippen LogP contribution in [0.15, 0.2) is 0 Å². The molecule has 0 saturated heterocycles. The average molecular weight is 230 g/mol. The molecule has 0 aromatic rings. The van der Waals surface area contributed by atoms with Crippen molar-refractivity contribution < 1.29 is 9.53 Å². The SMILES string of the molecule is CCCCOCCCNC(=O)C(C)CNC. The first-order chi connectivity index (χ1) is 7.72. The molecule has 4 heteroatoms. The molecule has 0 aromatic carbocycles. The van der Waals surface area contributed by atoms with E-state index in [-0.39, 0.29) is 11.8 Å². The smallest absolute Gasteiger partial charge is 0.224 e. The van der Waals surface area contributed by atoms with Gasteiger partial charge in [0.15, 0.2) is 0 Å². The third-order valence-corrected chi connectivity index (χ3v) is 2.36. The molecule has 96 valence electrons. The molecule has 1 unspecified atom stereocenters. The van der Waals surface area contributed by atoms with Crippen LogP contribution in [0.25, 0.3) is 0 Å². The Hall–Kier alpha value is -0.610. The van der Waals surface area contributed by atoms with Crippen LogP contribution in [0.1, 0.15) is 33.1 Å². The highest BCUT2D eigenvalue weighted by Crippen LogP contribution is 1.93. The minimum Gasteiger partial charge on any atom is -0.381 e. The van der Waals surface area contributed by atoms with Crippen molar-refractivity contribution in [3.8, 4) is 0 Å². The van der Waals surface area contributed by atoms with Crippen LogP contribution in [-0.4, -0.2) is 39.3 Å². The fourth-order valence-corrected chi connectivity index (χ4v) is 1.31. The Morgan fingerprint density at radius 1 is 1.31 bits per heavy atom. The minimum atomic E-state index is 0.0333. The molecule has 0 aliphatic carbocycles. The van der Waals surface area contributed by atoms with Crippen LogP contribution in [0.4, 0.5) is 0 Å². The summed E-state index contributed by atoms with van der Waals surface area (Å²) in [5.41, 5.74) is 0. The summed E-state index contributed by atoms with van der Waals surface area (Å²) < 4.78 is 5.40. The van der Waals surface area contributed by atoms with E-state index in [1.807, 2.05) is 14.0 Å². The number of ether oxygens (including phenoxy) is 1. The van der Waals surface area contributed by atoms with Crippen LogP contribution in [0.2, 0.25) is 0 Å². The first kappa shape index (κ1) is 15.4. The number of carbonyl (C=O) groups excluding carboxylic acids is 1. The summed E-state index contributed by atoms with van der Waals surface area (Å²) in [5.74, 6) is 0.147. The fourth-order valence-electron chi connectivity index (χ4n) is 1.31. The molecule has 0 fully saturated rings. The van der Waals surface area contributed by atoms with E-state index in [4.69, 9.17) is 4.74 Å². The number of amides is 1. The number of hydrogen-bond acceptors (Lipinski definition) is 3. The van der Waals surface area contributed by atoms with Crippen molar-refractivity contribution in [2.24, 2.45) is 5.92 Å². The lowest BCUT2D eigenvalue weighted by Crippen LogP contribution is -2.35. The Morgan fingerprint density at radius 3 is 2.62 bits per heavy atom. The van der Waals surface area contributed by atoms with Crippen LogP contribution >= 0.6 is 0 Å². The van der Waals surface area contributed by atoms with Gasteiger partial charge in [0.25, 0.3) is 0 Å². The Kier molecular flexibility index (Phi) is 10.5. The summed E-state index contributed by atoms with van der Waals surface area (Å²) in [5, 5.41) is 5.89. The summed E-state index contributed by atoms with van der Waals surface area (Å²) in [6.45, 7) is 7.06. The molecule has 0 saturated carbocycles. The van der Waals surface area contributed by atoms with E-state index >= 15 is 0 Å². The van der Waals surface area contributed by atoms with Crippen LogP contribution < -0.4 is 10.6 Å². The third-order valence-electron chi connectivity index (χ3n) is 2.36. The van der Waals surface area contributed by atoms with Gasteiger partial charge in [-0.15, -0.1) is 0 Å². The molecular weight excluding hydrogens is 204 g/mol. The molecule has 0 aromatic heterocycles. The molecule has 0 bridgehead atoms. The second kappa shape index (κ2) is 10.9. The normalized spacial score (nSPS) is 12.4. The van der Waals surface area contributed by atoms with Gasteiger partial charge in [0.2, 0.25) is 5.91 Å². The quantitative estimate of drug-likeness (QED) is 0.554. The van der Waals surface area contributed by atoms with E-state index in [1.165, 1.54) is 0 Å². The number of rotatable bonds is 10. The fraction of sp³-hybridized carbons (Fsp3) is 0.917. The number of unbranched alkanes of at least 4 members (excludes halogenated alkanes) is 1. The summed E-state index contributed by atoms with van der Waals surface area (Å²) in [7, 11) is 1.85. The highest BCUT2D eigenvalue weighted by Gasteiger charge is 2.09. The molecule has 16 heavy (non-hydrogen) atoms. The first-order valence-electron chi connectivity index (χ1n) is 6.22. The standard InChI is InChI=1S/C12H26N2O2/c1-4-5-8-16-9-6-7-14-12(15)11(2)10-13-3/h11,13H,4-10H2,1-3H3,(H,14,15). The molecule has 1 atom stereocenters. The second-order valence-corrected chi connectivity index (χ2v) is 4.07. The Balaban J connectivity index is 3.27. The van der Waals surface area contributed by atoms with Gasteiger partial charge in [0.1, 0.15) is 0 Å². The van der Waals surface area contributed by atoms with Crippen LogP contribution in [0.5, 0.6) is 0 Å². The maximum absolute atomic E-state index is 11.5. The Labute approximate surface area is 99.1 Å². The van der Waals surface area contributed by atoms with E-state index < -0.39 is 0 Å². The molecule has 4 nitrogen and oxygen atoms in total. The molecule has 0 radical (unpaired) electrons. The van der Waals surface area contributed by atoms with Gasteiger partial charge in [-0.05, 0) is 19.9 Å². The third kappa shape index (κ3) is 8.68. The molecule has 0 rings (SSSR count). The zero-order chi connectivity index (χ0) is 12.2. The van der Waals surface area contributed by atoms with Crippen LogP contribution in [-0.2, 0) is 9.53 Å². The summed E-state index contributed by atoms with van der Waals surface area (Å²) in [6, 6.07) is 0. The molecule has 0 aliphatic rings. The molecule has 0 spiro atoms. The highest BCUT2D eigenvalue weighted by molar-refractivity contribution is 5.78. The first-order valence-corrected chi connectivity index (χ1v) is 6.22. The van der Waals surface area contributed by atoms with Crippen molar-refractivity contribution >= 4 is 5.91 Å². The molecule has 1 amide bonds. The Bertz CT molecular complexity index is 174. The summed E-state index contributed by atoms with van der Waals surface area (Å²) in [4.78, 5) is 11.5. The predicted octanol–water partition coefficient (Wildman–Crippen LogP) is 1.16. The van der Waals surface area contributed by atoms with Gasteiger partial charge in [-0.25, -0.2) is 0 Å². The zero-order valence-corrected chi connectivity index (χ0v) is 10.8. The average Bonchev–Trinajstić information content (AvgIpc) is 2.28. The van der Waals surface area contributed by atoms with Crippen LogP contribution in [0, 0.1) is 5.92 Å². The lowest BCUT2D eigenvalue weighted by atomic mass is 10.1. The van der Waals surface area contributed by atoms with Crippen molar-refractivity contribution in [2.75, 3.05) is 33.4 Å². The van der Waals surface area contributed by atoms with E-state index in [1.54, 1.807) is 0 Å². The van der Waals surface area contributed by atoms with E-state index in [0.29, 0.717) is 6.54 Å². The summed E-state index contributed by atoms with van der Waals surface area (Å²) in [6.07, 6.45) is 3.17. The zero-order valence-electron chi connectivity index (χ0n) is 10.8. The monoisotopic (exact) mass is 230 g/mol. The Morgan fingerprint density at radius 2 is 2.00 bits per heavy atom. The van der Waals surface area contributed by atoms with E-state index in [0.717, 1.165) is 39.0 Å². The van der Waals surface area contributed by atoms with Gasteiger partial charge in [-0.2, -0.15) is 0 Å².